The summed E-state index contributed by atoms with van der Waals surface area (Å²) in [5.74, 6) is 0.428. The average Bonchev–Trinajstić information content (AvgIpc) is 3.04. The molecule has 22 heavy (non-hydrogen) atoms. The molecule has 1 fully saturated rings. The van der Waals surface area contributed by atoms with Gasteiger partial charge < -0.3 is 15.7 Å². The second-order valence-corrected chi connectivity index (χ2v) is 6.96. The van der Waals surface area contributed by atoms with Crippen LogP contribution in [0.5, 0.6) is 0 Å². The molecule has 124 valence electrons. The Morgan fingerprint density at radius 2 is 2.41 bits per heavy atom. The highest BCUT2D eigenvalue weighted by Crippen LogP contribution is 2.36. The Hall–Kier alpha value is -1.11. The Balaban J connectivity index is 1.91. The maximum absolute atomic E-state index is 11.9. The summed E-state index contributed by atoms with van der Waals surface area (Å²) in [4.78, 5) is 15.7. The fraction of sp³-hybridized carbons (Fsp3) is 0.688. The van der Waals surface area contributed by atoms with Crippen molar-refractivity contribution < 1.29 is 9.90 Å². The highest BCUT2D eigenvalue weighted by molar-refractivity contribution is 7.10. The number of aliphatic hydroxyl groups excluding tert-OH is 1. The van der Waals surface area contributed by atoms with Crippen molar-refractivity contribution in [3.05, 3.63) is 22.4 Å². The molecule has 1 aliphatic rings. The monoisotopic (exact) mass is 325 g/mol. The SMILES string of the molecule is CCC(CO)NC(=O)NCC1CCCN(C)C1c1cccs1. The van der Waals surface area contributed by atoms with Crippen molar-refractivity contribution in [3.63, 3.8) is 0 Å². The van der Waals surface area contributed by atoms with Crippen molar-refractivity contribution in [2.45, 2.75) is 38.3 Å². The van der Waals surface area contributed by atoms with Gasteiger partial charge in [-0.3, -0.25) is 4.90 Å². The van der Waals surface area contributed by atoms with Crippen molar-refractivity contribution in [3.8, 4) is 0 Å². The van der Waals surface area contributed by atoms with Gasteiger partial charge in [0.15, 0.2) is 0 Å². The van der Waals surface area contributed by atoms with Gasteiger partial charge in [0, 0.05) is 17.5 Å². The summed E-state index contributed by atoms with van der Waals surface area (Å²) in [6.45, 7) is 3.70. The highest BCUT2D eigenvalue weighted by atomic mass is 32.1. The van der Waals surface area contributed by atoms with Crippen LogP contribution >= 0.6 is 11.3 Å². The van der Waals surface area contributed by atoms with Crippen LogP contribution in [-0.2, 0) is 0 Å². The van der Waals surface area contributed by atoms with Crippen LogP contribution in [0.15, 0.2) is 17.5 Å². The van der Waals surface area contributed by atoms with Gasteiger partial charge in [0.05, 0.1) is 12.6 Å². The summed E-state index contributed by atoms with van der Waals surface area (Å²) >= 11 is 1.79. The van der Waals surface area contributed by atoms with Gasteiger partial charge in [-0.25, -0.2) is 4.79 Å². The smallest absolute Gasteiger partial charge is 0.315 e. The molecule has 0 spiro atoms. The molecule has 1 aromatic rings. The molecule has 2 heterocycles. The van der Waals surface area contributed by atoms with E-state index >= 15 is 0 Å². The lowest BCUT2D eigenvalue weighted by atomic mass is 9.88. The Morgan fingerprint density at radius 3 is 3.05 bits per heavy atom. The number of likely N-dealkylation sites (tertiary alicyclic amines) is 1. The van der Waals surface area contributed by atoms with Gasteiger partial charge in [0.25, 0.3) is 0 Å². The lowest BCUT2D eigenvalue weighted by Gasteiger charge is -2.38. The van der Waals surface area contributed by atoms with E-state index in [0.717, 1.165) is 19.4 Å². The Bertz CT molecular complexity index is 448. The Labute approximate surface area is 136 Å². The molecule has 0 aliphatic carbocycles. The Kier molecular flexibility index (Phi) is 6.67. The number of thiophene rings is 1. The number of carbonyl (C=O) groups is 1. The predicted octanol–water partition coefficient (Wildman–Crippen LogP) is 2.20. The van der Waals surface area contributed by atoms with Crippen molar-refractivity contribution in [1.82, 2.24) is 15.5 Å². The first-order valence-corrected chi connectivity index (χ1v) is 8.92. The van der Waals surface area contributed by atoms with E-state index in [2.05, 4.69) is 40.1 Å². The summed E-state index contributed by atoms with van der Waals surface area (Å²) in [5.41, 5.74) is 0. The average molecular weight is 325 g/mol. The molecule has 3 unspecified atom stereocenters. The number of urea groups is 1. The molecular weight excluding hydrogens is 298 g/mol. The zero-order valence-electron chi connectivity index (χ0n) is 13.4. The molecule has 1 saturated heterocycles. The third-order valence-corrected chi connectivity index (χ3v) is 5.36. The second-order valence-electron chi connectivity index (χ2n) is 5.99. The number of hydrogen-bond donors (Lipinski definition) is 3. The molecule has 0 aromatic carbocycles. The second kappa shape index (κ2) is 8.50. The molecule has 0 saturated carbocycles. The minimum absolute atomic E-state index is 0.0199. The Morgan fingerprint density at radius 1 is 1.59 bits per heavy atom. The van der Waals surface area contributed by atoms with Crippen molar-refractivity contribution in [2.24, 2.45) is 5.92 Å². The number of aliphatic hydroxyl groups is 1. The zero-order valence-corrected chi connectivity index (χ0v) is 14.2. The first-order chi connectivity index (χ1) is 10.7. The zero-order chi connectivity index (χ0) is 15.9. The molecule has 2 rings (SSSR count). The van der Waals surface area contributed by atoms with Crippen molar-refractivity contribution >= 4 is 17.4 Å². The van der Waals surface area contributed by atoms with Gasteiger partial charge in [-0.1, -0.05) is 13.0 Å². The number of rotatable bonds is 6. The molecule has 5 nitrogen and oxygen atoms in total. The van der Waals surface area contributed by atoms with Gasteiger partial charge in [-0.15, -0.1) is 11.3 Å². The third kappa shape index (κ3) is 4.44. The van der Waals surface area contributed by atoms with Crippen molar-refractivity contribution in [2.75, 3.05) is 26.7 Å². The van der Waals surface area contributed by atoms with Gasteiger partial charge in [-0.05, 0) is 50.2 Å². The van der Waals surface area contributed by atoms with Gasteiger partial charge in [0.2, 0.25) is 0 Å². The largest absolute Gasteiger partial charge is 0.394 e. The molecular formula is C16H27N3O2S. The number of hydrogen-bond acceptors (Lipinski definition) is 4. The standard InChI is InChI=1S/C16H27N3O2S/c1-3-13(11-20)18-16(21)17-10-12-6-4-8-19(2)15(12)14-7-5-9-22-14/h5,7,9,12-13,15,20H,3-4,6,8,10-11H2,1-2H3,(H2,17,18,21). The van der Waals surface area contributed by atoms with E-state index in [1.54, 1.807) is 11.3 Å². The van der Waals surface area contributed by atoms with E-state index in [-0.39, 0.29) is 18.7 Å². The molecule has 6 heteroatoms. The highest BCUT2D eigenvalue weighted by Gasteiger charge is 2.31. The number of nitrogens with one attached hydrogen (secondary N) is 2. The third-order valence-electron chi connectivity index (χ3n) is 4.42. The van der Waals surface area contributed by atoms with E-state index in [1.807, 2.05) is 6.92 Å². The fourth-order valence-electron chi connectivity index (χ4n) is 3.12. The van der Waals surface area contributed by atoms with Crippen LogP contribution in [0.2, 0.25) is 0 Å². The van der Waals surface area contributed by atoms with Crippen LogP contribution in [-0.4, -0.2) is 48.8 Å². The fourth-order valence-corrected chi connectivity index (χ4v) is 4.10. The number of carbonyl (C=O) groups excluding carboxylic acids is 1. The number of amides is 2. The maximum atomic E-state index is 11.9. The minimum atomic E-state index is -0.181. The molecule has 1 aliphatic heterocycles. The van der Waals surface area contributed by atoms with Crippen LogP contribution in [0.3, 0.4) is 0 Å². The molecule has 3 atom stereocenters. The summed E-state index contributed by atoms with van der Waals surface area (Å²) in [5, 5.41) is 17.0. The van der Waals surface area contributed by atoms with Crippen LogP contribution in [0.25, 0.3) is 0 Å². The minimum Gasteiger partial charge on any atom is -0.394 e. The summed E-state index contributed by atoms with van der Waals surface area (Å²) in [7, 11) is 2.16. The molecule has 2 amide bonds. The van der Waals surface area contributed by atoms with Gasteiger partial charge >= 0.3 is 6.03 Å². The van der Waals surface area contributed by atoms with E-state index in [4.69, 9.17) is 5.11 Å². The topological polar surface area (TPSA) is 64.6 Å². The van der Waals surface area contributed by atoms with Crippen LogP contribution in [0, 0.1) is 5.92 Å². The summed E-state index contributed by atoms with van der Waals surface area (Å²) < 4.78 is 0. The lowest BCUT2D eigenvalue weighted by molar-refractivity contribution is 0.122. The van der Waals surface area contributed by atoms with E-state index < -0.39 is 0 Å². The van der Waals surface area contributed by atoms with E-state index in [0.29, 0.717) is 18.5 Å². The van der Waals surface area contributed by atoms with Crippen molar-refractivity contribution in [1.29, 1.82) is 0 Å². The molecule has 0 bridgehead atoms. The first-order valence-electron chi connectivity index (χ1n) is 8.04. The summed E-state index contributed by atoms with van der Waals surface area (Å²) in [6.07, 6.45) is 3.03. The predicted molar refractivity (Wildman–Crippen MR) is 90.1 cm³/mol. The number of piperidine rings is 1. The van der Waals surface area contributed by atoms with Gasteiger partial charge in [0.1, 0.15) is 0 Å². The van der Waals surface area contributed by atoms with E-state index in [9.17, 15) is 4.79 Å². The van der Waals surface area contributed by atoms with E-state index in [1.165, 1.54) is 11.3 Å². The number of nitrogens with zero attached hydrogens (tertiary/aromatic N) is 1. The maximum Gasteiger partial charge on any atom is 0.315 e. The molecule has 1 aromatic heterocycles. The first kappa shape index (κ1) is 17.2. The lowest BCUT2D eigenvalue weighted by Crippen LogP contribution is -2.47. The normalized spacial score (nSPS) is 24.0. The summed E-state index contributed by atoms with van der Waals surface area (Å²) in [6, 6.07) is 4.31. The van der Waals surface area contributed by atoms with Crippen LogP contribution in [0.4, 0.5) is 4.79 Å². The van der Waals surface area contributed by atoms with Crippen LogP contribution in [0.1, 0.15) is 37.1 Å². The quantitative estimate of drug-likeness (QED) is 0.751. The molecule has 0 radical (unpaired) electrons. The van der Waals surface area contributed by atoms with Crippen LogP contribution < -0.4 is 10.6 Å². The molecule has 3 N–H and O–H groups in total. The van der Waals surface area contributed by atoms with Gasteiger partial charge in [-0.2, -0.15) is 0 Å².